The lowest BCUT2D eigenvalue weighted by Crippen LogP contribution is -2.26. The van der Waals surface area contributed by atoms with Crippen LogP contribution in [0, 0.1) is 11.6 Å². The van der Waals surface area contributed by atoms with Gasteiger partial charge in [0.2, 0.25) is 5.95 Å². The Kier molecular flexibility index (Phi) is 12.2. The minimum absolute atomic E-state index is 0.119. The number of anilines is 2. The smallest absolute Gasteiger partial charge is 0.251 e. The van der Waals surface area contributed by atoms with Gasteiger partial charge in [0.05, 0.1) is 31.3 Å². The van der Waals surface area contributed by atoms with Crippen LogP contribution in [0.25, 0.3) is 44.6 Å². The summed E-state index contributed by atoms with van der Waals surface area (Å²) in [5.74, 6) is -1.22. The SMILES string of the molecule is Nc1cnc(-c2ccc(-c3ccccc3C(=O)NCCO)cc2F)cn1.Nc1ncc(-c2ccc(-c3ccccc3C(=O)NCCO)cc2F)cn1. The monoisotopic (exact) mass is 704 g/mol. The van der Waals surface area contributed by atoms with Crippen LogP contribution in [0.5, 0.6) is 0 Å². The Bertz CT molecular complexity index is 2010. The molecule has 52 heavy (non-hydrogen) atoms. The van der Waals surface area contributed by atoms with Crippen LogP contribution in [0.15, 0.2) is 110 Å². The number of carbonyl (C=O) groups is 2. The molecular formula is C38H34F2N8O4. The Morgan fingerprint density at radius 2 is 1.08 bits per heavy atom. The van der Waals surface area contributed by atoms with Gasteiger partial charge in [-0.1, -0.05) is 54.6 Å². The first-order valence-electron chi connectivity index (χ1n) is 15.9. The number of hydrogen-bond acceptors (Lipinski definition) is 10. The van der Waals surface area contributed by atoms with E-state index in [4.69, 9.17) is 21.7 Å². The molecule has 2 amide bonds. The molecule has 0 aliphatic rings. The van der Waals surface area contributed by atoms with Crippen molar-refractivity contribution in [1.29, 1.82) is 0 Å². The largest absolute Gasteiger partial charge is 0.395 e. The molecule has 0 aliphatic heterocycles. The van der Waals surface area contributed by atoms with E-state index in [0.717, 1.165) is 0 Å². The van der Waals surface area contributed by atoms with E-state index in [1.807, 2.05) is 0 Å². The first-order valence-corrected chi connectivity index (χ1v) is 15.9. The van der Waals surface area contributed by atoms with Gasteiger partial charge in [-0.2, -0.15) is 0 Å². The average Bonchev–Trinajstić information content (AvgIpc) is 3.17. The predicted molar refractivity (Wildman–Crippen MR) is 193 cm³/mol. The normalized spacial score (nSPS) is 10.5. The summed E-state index contributed by atoms with van der Waals surface area (Å²) in [5, 5.41) is 22.9. The van der Waals surface area contributed by atoms with Crippen molar-refractivity contribution in [2.24, 2.45) is 0 Å². The van der Waals surface area contributed by atoms with Crippen molar-refractivity contribution >= 4 is 23.6 Å². The summed E-state index contributed by atoms with van der Waals surface area (Å²) in [6.45, 7) is -0.00533. The third-order valence-corrected chi connectivity index (χ3v) is 7.63. The fraction of sp³-hybridized carbons (Fsp3) is 0.105. The third kappa shape index (κ3) is 8.93. The minimum atomic E-state index is -0.479. The molecule has 0 saturated heterocycles. The summed E-state index contributed by atoms with van der Waals surface area (Å²) in [6, 6.07) is 23.2. The number of rotatable bonds is 10. The molecule has 6 rings (SSSR count). The van der Waals surface area contributed by atoms with Crippen molar-refractivity contribution in [2.45, 2.75) is 0 Å². The standard InChI is InChI=1S/2C19H17FN4O2/c20-17-9-12(5-6-15(17)13-10-23-19(21)24-11-13)14-3-1-2-4-16(14)18(26)22-7-8-25;20-16-9-12(5-6-15(16)17-10-24-18(21)11-23-17)13-3-1-2-4-14(13)19(26)22-7-8-25/h1-6,9-11,25H,7-8H2,(H,22,26)(H2,21,23,24);1-6,9-11,25H,7-8H2,(H2,21,24)(H,22,26). The fourth-order valence-electron chi connectivity index (χ4n) is 5.16. The molecule has 0 unspecified atom stereocenters. The lowest BCUT2D eigenvalue weighted by molar-refractivity contribution is 0.0938. The van der Waals surface area contributed by atoms with Gasteiger partial charge in [0.25, 0.3) is 11.8 Å². The zero-order valence-corrected chi connectivity index (χ0v) is 27.6. The van der Waals surface area contributed by atoms with E-state index in [0.29, 0.717) is 55.8 Å². The van der Waals surface area contributed by atoms with E-state index in [1.165, 1.54) is 36.9 Å². The van der Waals surface area contributed by atoms with Gasteiger partial charge in [-0.05, 0) is 52.6 Å². The summed E-state index contributed by atoms with van der Waals surface area (Å²) in [4.78, 5) is 40.2. The molecule has 12 nitrogen and oxygen atoms in total. The zero-order valence-electron chi connectivity index (χ0n) is 27.6. The van der Waals surface area contributed by atoms with E-state index < -0.39 is 11.6 Å². The maximum atomic E-state index is 14.6. The average molecular weight is 705 g/mol. The number of halogens is 2. The Morgan fingerprint density at radius 1 is 0.577 bits per heavy atom. The fourth-order valence-corrected chi connectivity index (χ4v) is 5.16. The summed E-state index contributed by atoms with van der Waals surface area (Å²) < 4.78 is 29.3. The van der Waals surface area contributed by atoms with Crippen LogP contribution in [0.4, 0.5) is 20.5 Å². The number of carbonyl (C=O) groups excluding carboxylic acids is 2. The zero-order chi connectivity index (χ0) is 37.0. The van der Waals surface area contributed by atoms with Crippen LogP contribution in [-0.4, -0.2) is 68.3 Å². The maximum absolute atomic E-state index is 14.6. The second-order valence-electron chi connectivity index (χ2n) is 11.1. The van der Waals surface area contributed by atoms with Crippen molar-refractivity contribution in [3.05, 3.63) is 132 Å². The quantitative estimate of drug-likeness (QED) is 0.118. The molecule has 264 valence electrons. The van der Waals surface area contributed by atoms with Gasteiger partial charge < -0.3 is 32.3 Å². The molecule has 8 N–H and O–H groups in total. The molecule has 0 radical (unpaired) electrons. The highest BCUT2D eigenvalue weighted by Crippen LogP contribution is 2.31. The summed E-state index contributed by atoms with van der Waals surface area (Å²) in [6.07, 6.45) is 5.68. The van der Waals surface area contributed by atoms with Crippen molar-refractivity contribution in [1.82, 2.24) is 30.6 Å². The van der Waals surface area contributed by atoms with Crippen LogP contribution in [0.2, 0.25) is 0 Å². The van der Waals surface area contributed by atoms with Crippen molar-refractivity contribution in [3.63, 3.8) is 0 Å². The van der Waals surface area contributed by atoms with E-state index in [9.17, 15) is 18.4 Å². The Morgan fingerprint density at radius 3 is 1.54 bits per heavy atom. The van der Waals surface area contributed by atoms with Gasteiger partial charge in [0, 0.05) is 53.3 Å². The minimum Gasteiger partial charge on any atom is -0.395 e. The lowest BCUT2D eigenvalue weighted by Gasteiger charge is -2.11. The number of amides is 2. The first-order chi connectivity index (χ1) is 25.2. The van der Waals surface area contributed by atoms with E-state index in [1.54, 1.807) is 72.8 Å². The van der Waals surface area contributed by atoms with E-state index >= 15 is 0 Å². The van der Waals surface area contributed by atoms with Gasteiger partial charge in [-0.15, -0.1) is 0 Å². The van der Waals surface area contributed by atoms with Gasteiger partial charge in [0.15, 0.2) is 0 Å². The second kappa shape index (κ2) is 17.3. The van der Waals surface area contributed by atoms with E-state index in [-0.39, 0.29) is 49.9 Å². The number of aliphatic hydroxyl groups excluding tert-OH is 2. The lowest BCUT2D eigenvalue weighted by atomic mass is 9.97. The Hall–Kier alpha value is -6.64. The molecule has 0 saturated carbocycles. The third-order valence-electron chi connectivity index (χ3n) is 7.63. The second-order valence-corrected chi connectivity index (χ2v) is 11.1. The molecule has 0 fully saturated rings. The number of hydrogen-bond donors (Lipinski definition) is 6. The van der Waals surface area contributed by atoms with Crippen molar-refractivity contribution in [2.75, 3.05) is 37.8 Å². The summed E-state index contributed by atoms with van der Waals surface area (Å²) >= 11 is 0. The summed E-state index contributed by atoms with van der Waals surface area (Å²) in [5.41, 5.74) is 15.6. The number of nitrogen functional groups attached to an aromatic ring is 2. The number of aromatic nitrogens is 4. The Balaban J connectivity index is 0.000000201. The molecule has 0 spiro atoms. The topological polar surface area (TPSA) is 202 Å². The molecule has 6 aromatic rings. The molecule has 0 aliphatic carbocycles. The molecule has 14 heteroatoms. The van der Waals surface area contributed by atoms with E-state index in [2.05, 4.69) is 30.6 Å². The number of nitrogens with two attached hydrogens (primary N) is 2. The first kappa shape index (κ1) is 36.6. The highest BCUT2D eigenvalue weighted by molar-refractivity contribution is 6.01. The molecular weight excluding hydrogens is 670 g/mol. The van der Waals surface area contributed by atoms with Crippen LogP contribution in [-0.2, 0) is 0 Å². The number of aliphatic hydroxyl groups is 2. The summed E-state index contributed by atoms with van der Waals surface area (Å²) in [7, 11) is 0. The van der Waals surface area contributed by atoms with Gasteiger partial charge in [-0.25, -0.2) is 23.7 Å². The number of nitrogens with zero attached hydrogens (tertiary/aromatic N) is 4. The van der Waals surface area contributed by atoms with Crippen LogP contribution in [0.3, 0.4) is 0 Å². The van der Waals surface area contributed by atoms with Crippen LogP contribution >= 0.6 is 0 Å². The molecule has 2 aromatic heterocycles. The molecule has 0 atom stereocenters. The van der Waals surface area contributed by atoms with Crippen molar-refractivity contribution in [3.8, 4) is 44.6 Å². The van der Waals surface area contributed by atoms with Gasteiger partial charge >= 0.3 is 0 Å². The van der Waals surface area contributed by atoms with Gasteiger partial charge in [0.1, 0.15) is 17.5 Å². The number of benzene rings is 4. The number of nitrogens with one attached hydrogen (secondary N) is 2. The molecule has 0 bridgehead atoms. The van der Waals surface area contributed by atoms with Crippen LogP contribution in [0.1, 0.15) is 20.7 Å². The predicted octanol–water partition coefficient (Wildman–Crippen LogP) is 4.51. The molecule has 2 heterocycles. The van der Waals surface area contributed by atoms with Crippen LogP contribution < -0.4 is 22.1 Å². The maximum Gasteiger partial charge on any atom is 0.251 e. The highest BCUT2D eigenvalue weighted by atomic mass is 19.1. The van der Waals surface area contributed by atoms with Gasteiger partial charge in [-0.3, -0.25) is 14.6 Å². The molecule has 4 aromatic carbocycles. The van der Waals surface area contributed by atoms with Crippen molar-refractivity contribution < 1.29 is 28.6 Å². The Labute approximate surface area is 297 Å². The highest BCUT2D eigenvalue weighted by Gasteiger charge is 2.16.